The summed E-state index contributed by atoms with van der Waals surface area (Å²) in [7, 11) is 1.42. The third kappa shape index (κ3) is 4.16. The van der Waals surface area contributed by atoms with Crippen molar-refractivity contribution >= 4 is 0 Å². The molecule has 0 amide bonds. The van der Waals surface area contributed by atoms with Gasteiger partial charge in [0.05, 0.1) is 7.11 Å². The monoisotopic (exact) mass is 354 g/mol. The number of nitrogens with zero attached hydrogens (tertiary/aromatic N) is 3. The Morgan fingerprint density at radius 1 is 1.32 bits per heavy atom. The number of likely N-dealkylation sites (tertiary alicyclic amines) is 1. The Morgan fingerprint density at radius 2 is 2.08 bits per heavy atom. The lowest BCUT2D eigenvalue weighted by atomic mass is 10.0. The molecule has 0 bridgehead atoms. The summed E-state index contributed by atoms with van der Waals surface area (Å²) >= 11 is 0. The van der Waals surface area contributed by atoms with Crippen LogP contribution in [0.1, 0.15) is 24.4 Å². The zero-order valence-corrected chi connectivity index (χ0v) is 13.8. The normalized spacial score (nSPS) is 16.3. The first-order chi connectivity index (χ1) is 12.1. The van der Waals surface area contributed by atoms with Gasteiger partial charge in [0.25, 0.3) is 0 Å². The fraction of sp³-hybridized carbons (Fsp3) is 0.500. The van der Waals surface area contributed by atoms with Crippen LogP contribution < -0.4 is 15.2 Å². The van der Waals surface area contributed by atoms with Crippen molar-refractivity contribution in [2.45, 2.75) is 32.0 Å². The van der Waals surface area contributed by atoms with Crippen molar-refractivity contribution in [1.29, 1.82) is 0 Å². The molecule has 2 aromatic rings. The lowest BCUT2D eigenvalue weighted by molar-refractivity contribution is -0.0512. The Bertz CT molecular complexity index is 754. The molecule has 0 aliphatic carbocycles. The highest BCUT2D eigenvalue weighted by molar-refractivity contribution is 5.43. The fourth-order valence-electron chi connectivity index (χ4n) is 3.13. The van der Waals surface area contributed by atoms with Crippen LogP contribution in [0.15, 0.2) is 29.3 Å². The maximum Gasteiger partial charge on any atom is 0.387 e. The molecule has 9 heteroatoms. The van der Waals surface area contributed by atoms with Crippen LogP contribution in [0.5, 0.6) is 11.5 Å². The first-order valence-electron chi connectivity index (χ1n) is 8.02. The molecule has 25 heavy (non-hydrogen) atoms. The number of alkyl halides is 2. The van der Waals surface area contributed by atoms with Crippen molar-refractivity contribution in [3.05, 3.63) is 40.6 Å². The van der Waals surface area contributed by atoms with Gasteiger partial charge in [-0.05, 0) is 30.5 Å². The van der Waals surface area contributed by atoms with Crippen LogP contribution in [-0.2, 0) is 6.54 Å². The van der Waals surface area contributed by atoms with E-state index in [2.05, 4.69) is 19.8 Å². The van der Waals surface area contributed by atoms with Crippen molar-refractivity contribution < 1.29 is 18.3 Å². The van der Waals surface area contributed by atoms with Gasteiger partial charge in [0.1, 0.15) is 6.33 Å². The van der Waals surface area contributed by atoms with Crippen LogP contribution in [0.25, 0.3) is 0 Å². The van der Waals surface area contributed by atoms with Gasteiger partial charge >= 0.3 is 12.3 Å². The second-order valence-electron chi connectivity index (χ2n) is 5.94. The van der Waals surface area contributed by atoms with Crippen LogP contribution in [0.3, 0.4) is 0 Å². The number of hydrogen-bond donors (Lipinski definition) is 1. The summed E-state index contributed by atoms with van der Waals surface area (Å²) in [5.41, 5.74) is 0.773. The van der Waals surface area contributed by atoms with E-state index < -0.39 is 6.61 Å². The predicted octanol–water partition coefficient (Wildman–Crippen LogP) is 2.02. The third-order valence-corrected chi connectivity index (χ3v) is 4.38. The largest absolute Gasteiger partial charge is 0.493 e. The van der Waals surface area contributed by atoms with E-state index in [4.69, 9.17) is 4.74 Å². The Morgan fingerprint density at radius 3 is 2.68 bits per heavy atom. The van der Waals surface area contributed by atoms with Crippen LogP contribution in [-0.4, -0.2) is 46.5 Å². The minimum absolute atomic E-state index is 0.0271. The average Bonchev–Trinajstić information content (AvgIpc) is 3.02. The molecule has 136 valence electrons. The van der Waals surface area contributed by atoms with Crippen molar-refractivity contribution in [2.75, 3.05) is 20.2 Å². The molecule has 0 spiro atoms. The predicted molar refractivity (Wildman–Crippen MR) is 86.0 cm³/mol. The van der Waals surface area contributed by atoms with Crippen molar-refractivity contribution in [2.24, 2.45) is 0 Å². The summed E-state index contributed by atoms with van der Waals surface area (Å²) in [6.07, 6.45) is 3.24. The van der Waals surface area contributed by atoms with Crippen LogP contribution >= 0.6 is 0 Å². The Kier molecular flexibility index (Phi) is 5.32. The molecule has 0 saturated carbocycles. The molecule has 1 aliphatic heterocycles. The molecule has 1 aromatic carbocycles. The standard InChI is InChI=1S/C16H20F2N4O3/c1-24-14-8-11(2-3-13(14)25-15(17)18)9-21-6-4-12(5-7-21)22-10-19-20-16(22)23/h2-3,8,10,12,15H,4-7,9H2,1H3,(H,20,23). The first-order valence-corrected chi connectivity index (χ1v) is 8.02. The van der Waals surface area contributed by atoms with Gasteiger partial charge in [-0.25, -0.2) is 9.89 Å². The van der Waals surface area contributed by atoms with Crippen molar-refractivity contribution in [1.82, 2.24) is 19.7 Å². The number of piperidine rings is 1. The topological polar surface area (TPSA) is 72.4 Å². The fourth-order valence-corrected chi connectivity index (χ4v) is 3.13. The maximum atomic E-state index is 12.4. The highest BCUT2D eigenvalue weighted by Crippen LogP contribution is 2.30. The lowest BCUT2D eigenvalue weighted by Gasteiger charge is -2.32. The van der Waals surface area contributed by atoms with Gasteiger partial charge in [0.2, 0.25) is 0 Å². The summed E-state index contributed by atoms with van der Waals surface area (Å²) in [5, 5.41) is 6.18. The molecular weight excluding hydrogens is 334 g/mol. The highest BCUT2D eigenvalue weighted by atomic mass is 19.3. The van der Waals surface area contributed by atoms with Gasteiger partial charge in [0.15, 0.2) is 11.5 Å². The number of halogens is 2. The summed E-state index contributed by atoms with van der Waals surface area (Å²) in [6.45, 7) is -0.539. The van der Waals surface area contributed by atoms with Gasteiger partial charge in [-0.1, -0.05) is 6.07 Å². The Balaban J connectivity index is 1.60. The minimum Gasteiger partial charge on any atom is -0.493 e. The zero-order valence-electron chi connectivity index (χ0n) is 13.8. The van der Waals surface area contributed by atoms with E-state index in [-0.39, 0.29) is 23.2 Å². The van der Waals surface area contributed by atoms with Gasteiger partial charge in [-0.3, -0.25) is 9.47 Å². The second kappa shape index (κ2) is 7.64. The molecule has 7 nitrogen and oxygen atoms in total. The van der Waals surface area contributed by atoms with E-state index in [0.717, 1.165) is 31.5 Å². The number of H-pyrrole nitrogens is 1. The number of aromatic nitrogens is 3. The Labute approximate surface area is 143 Å². The highest BCUT2D eigenvalue weighted by Gasteiger charge is 2.22. The number of methoxy groups -OCH3 is 1. The molecule has 1 fully saturated rings. The number of hydrogen-bond acceptors (Lipinski definition) is 5. The molecule has 1 aliphatic rings. The third-order valence-electron chi connectivity index (χ3n) is 4.38. The molecule has 1 saturated heterocycles. The molecular formula is C16H20F2N4O3. The smallest absolute Gasteiger partial charge is 0.387 e. The zero-order chi connectivity index (χ0) is 17.8. The molecule has 1 N–H and O–H groups in total. The number of aromatic amines is 1. The number of nitrogens with one attached hydrogen (secondary N) is 1. The van der Waals surface area contributed by atoms with Crippen LogP contribution in [0.2, 0.25) is 0 Å². The molecule has 0 atom stereocenters. The van der Waals surface area contributed by atoms with E-state index in [1.807, 2.05) is 0 Å². The maximum absolute atomic E-state index is 12.4. The van der Waals surface area contributed by atoms with Gasteiger partial charge in [-0.15, -0.1) is 0 Å². The quantitative estimate of drug-likeness (QED) is 0.859. The first kappa shape index (κ1) is 17.4. The average molecular weight is 354 g/mol. The SMILES string of the molecule is COc1cc(CN2CCC(n3cn[nH]c3=O)CC2)ccc1OC(F)F. The number of ether oxygens (including phenoxy) is 2. The van der Waals surface area contributed by atoms with Gasteiger partial charge in [0, 0.05) is 25.7 Å². The summed E-state index contributed by atoms with van der Waals surface area (Å²) < 4.78 is 35.9. The van der Waals surface area contributed by atoms with Crippen LogP contribution in [0, 0.1) is 0 Å². The van der Waals surface area contributed by atoms with E-state index in [1.165, 1.54) is 19.5 Å². The Hall–Kier alpha value is -2.42. The summed E-state index contributed by atoms with van der Waals surface area (Å²) in [6, 6.07) is 5.12. The van der Waals surface area contributed by atoms with Crippen LogP contribution in [0.4, 0.5) is 8.78 Å². The van der Waals surface area contributed by atoms with Gasteiger partial charge in [-0.2, -0.15) is 13.9 Å². The number of benzene rings is 1. The molecule has 1 aromatic heterocycles. The van der Waals surface area contributed by atoms with E-state index in [9.17, 15) is 13.6 Å². The molecule has 3 rings (SSSR count). The lowest BCUT2D eigenvalue weighted by Crippen LogP contribution is -2.36. The van der Waals surface area contributed by atoms with E-state index in [0.29, 0.717) is 6.54 Å². The second-order valence-corrected chi connectivity index (χ2v) is 5.94. The van der Waals surface area contributed by atoms with Gasteiger partial charge < -0.3 is 9.47 Å². The minimum atomic E-state index is -2.88. The van der Waals surface area contributed by atoms with E-state index >= 15 is 0 Å². The molecule has 0 unspecified atom stereocenters. The molecule has 2 heterocycles. The van der Waals surface area contributed by atoms with Crippen molar-refractivity contribution in [3.8, 4) is 11.5 Å². The number of rotatable bonds is 6. The van der Waals surface area contributed by atoms with Crippen molar-refractivity contribution in [3.63, 3.8) is 0 Å². The summed E-state index contributed by atoms with van der Waals surface area (Å²) in [4.78, 5) is 13.9. The summed E-state index contributed by atoms with van der Waals surface area (Å²) in [5.74, 6) is 0.317. The molecule has 0 radical (unpaired) electrons. The van der Waals surface area contributed by atoms with E-state index in [1.54, 1.807) is 16.7 Å².